The number of halogens is 2. The molecule has 0 aliphatic rings. The lowest BCUT2D eigenvalue weighted by Gasteiger charge is -2.05. The van der Waals surface area contributed by atoms with E-state index in [1.807, 2.05) is 0 Å². The standard InChI is InChI=1S/C8H9Cl2NOS/c1-2-13(11,12)6-3-4-7(9)8(10)5-6/h3-5,11H,2H2,1H3. The molecule has 0 radical (unpaired) electrons. The summed E-state index contributed by atoms with van der Waals surface area (Å²) >= 11 is 11.4. The van der Waals surface area contributed by atoms with Crippen molar-refractivity contribution >= 4 is 32.9 Å². The largest absolute Gasteiger partial charge is 0.249 e. The first kappa shape index (κ1) is 10.8. The lowest BCUT2D eigenvalue weighted by Crippen LogP contribution is -2.01. The van der Waals surface area contributed by atoms with E-state index < -0.39 is 9.73 Å². The summed E-state index contributed by atoms with van der Waals surface area (Å²) < 4.78 is 19.1. The quantitative estimate of drug-likeness (QED) is 0.842. The Hall–Kier alpha value is -0.250. The Kier molecular flexibility index (Phi) is 3.22. The average molecular weight is 238 g/mol. The van der Waals surface area contributed by atoms with Crippen LogP contribution in [0.2, 0.25) is 10.0 Å². The molecule has 0 spiro atoms. The Morgan fingerprint density at radius 1 is 1.38 bits per heavy atom. The minimum absolute atomic E-state index is 0.283. The zero-order chi connectivity index (χ0) is 10.1. The predicted molar refractivity (Wildman–Crippen MR) is 56.1 cm³/mol. The highest BCUT2D eigenvalue weighted by Gasteiger charge is 2.08. The lowest BCUT2D eigenvalue weighted by atomic mass is 10.4. The van der Waals surface area contributed by atoms with Crippen molar-refractivity contribution in [3.8, 4) is 0 Å². The molecule has 1 aromatic rings. The molecule has 1 aromatic carbocycles. The molecule has 0 saturated carbocycles. The van der Waals surface area contributed by atoms with E-state index in [2.05, 4.69) is 0 Å². The third-order valence-electron chi connectivity index (χ3n) is 1.68. The third-order valence-corrected chi connectivity index (χ3v) is 4.25. The van der Waals surface area contributed by atoms with E-state index in [-0.39, 0.29) is 5.75 Å². The van der Waals surface area contributed by atoms with Gasteiger partial charge in [0.1, 0.15) is 0 Å². The Morgan fingerprint density at radius 2 is 2.00 bits per heavy atom. The Balaban J connectivity index is 3.27. The average Bonchev–Trinajstić information content (AvgIpc) is 2.09. The van der Waals surface area contributed by atoms with Crippen LogP contribution in [0.5, 0.6) is 0 Å². The fraction of sp³-hybridized carbons (Fsp3) is 0.250. The Bertz CT molecular complexity index is 414. The molecule has 5 heteroatoms. The SMILES string of the molecule is CCS(=N)(=O)c1ccc(Cl)c(Cl)c1. The van der Waals surface area contributed by atoms with Crippen molar-refractivity contribution in [2.24, 2.45) is 0 Å². The van der Waals surface area contributed by atoms with Gasteiger partial charge >= 0.3 is 0 Å². The molecule has 1 rings (SSSR count). The molecule has 0 aromatic heterocycles. The van der Waals surface area contributed by atoms with Crippen LogP contribution < -0.4 is 0 Å². The van der Waals surface area contributed by atoms with Crippen molar-refractivity contribution in [3.63, 3.8) is 0 Å². The van der Waals surface area contributed by atoms with E-state index in [1.54, 1.807) is 19.1 Å². The van der Waals surface area contributed by atoms with Gasteiger partial charge in [-0.25, -0.2) is 8.99 Å². The molecular weight excluding hydrogens is 229 g/mol. The third kappa shape index (κ3) is 2.36. The fourth-order valence-corrected chi connectivity index (χ4v) is 2.14. The van der Waals surface area contributed by atoms with Gasteiger partial charge in [-0.15, -0.1) is 0 Å². The van der Waals surface area contributed by atoms with Crippen molar-refractivity contribution < 1.29 is 4.21 Å². The summed E-state index contributed by atoms with van der Waals surface area (Å²) in [6.07, 6.45) is 0. The van der Waals surface area contributed by atoms with E-state index in [1.165, 1.54) is 6.07 Å². The molecule has 72 valence electrons. The summed E-state index contributed by atoms with van der Waals surface area (Å²) in [6, 6.07) is 4.62. The molecule has 1 unspecified atom stereocenters. The minimum Gasteiger partial charge on any atom is -0.249 e. The maximum atomic E-state index is 11.6. The number of benzene rings is 1. The predicted octanol–water partition coefficient (Wildman–Crippen LogP) is 3.42. The van der Waals surface area contributed by atoms with Gasteiger partial charge in [-0.05, 0) is 18.2 Å². The summed E-state index contributed by atoms with van der Waals surface area (Å²) in [4.78, 5) is 0.435. The summed E-state index contributed by atoms with van der Waals surface area (Å²) in [6.45, 7) is 1.71. The molecule has 0 fully saturated rings. The molecule has 0 aliphatic carbocycles. The maximum Gasteiger partial charge on any atom is 0.0723 e. The molecule has 0 bridgehead atoms. The first-order valence-electron chi connectivity index (χ1n) is 3.69. The molecule has 1 atom stereocenters. The van der Waals surface area contributed by atoms with Crippen LogP contribution in [0.25, 0.3) is 0 Å². The van der Waals surface area contributed by atoms with E-state index >= 15 is 0 Å². The topological polar surface area (TPSA) is 40.9 Å². The monoisotopic (exact) mass is 237 g/mol. The van der Waals surface area contributed by atoms with Gasteiger partial charge < -0.3 is 0 Å². The normalized spacial score (nSPS) is 15.3. The zero-order valence-electron chi connectivity index (χ0n) is 7.01. The highest BCUT2D eigenvalue weighted by molar-refractivity contribution is 7.92. The van der Waals surface area contributed by atoms with Crippen LogP contribution >= 0.6 is 23.2 Å². The summed E-state index contributed by atoms with van der Waals surface area (Å²) in [5.41, 5.74) is 0. The van der Waals surface area contributed by atoms with E-state index in [4.69, 9.17) is 28.0 Å². The van der Waals surface area contributed by atoms with Crippen LogP contribution in [-0.4, -0.2) is 9.96 Å². The summed E-state index contributed by atoms with van der Waals surface area (Å²) in [5.74, 6) is 0.283. The van der Waals surface area contributed by atoms with Gasteiger partial charge in [0.15, 0.2) is 0 Å². The molecule has 2 nitrogen and oxygen atoms in total. The van der Waals surface area contributed by atoms with Gasteiger partial charge in [0.05, 0.1) is 19.8 Å². The van der Waals surface area contributed by atoms with E-state index in [9.17, 15) is 4.21 Å². The molecule has 0 aliphatic heterocycles. The van der Waals surface area contributed by atoms with Crippen molar-refractivity contribution in [2.45, 2.75) is 11.8 Å². The second-order valence-electron chi connectivity index (χ2n) is 2.54. The van der Waals surface area contributed by atoms with Crippen molar-refractivity contribution in [3.05, 3.63) is 28.2 Å². The molecular formula is C8H9Cl2NOS. The summed E-state index contributed by atoms with van der Waals surface area (Å²) in [5, 5.41) is 0.754. The molecule has 0 saturated heterocycles. The van der Waals surface area contributed by atoms with Gasteiger partial charge in [-0.1, -0.05) is 30.1 Å². The molecule has 0 heterocycles. The van der Waals surface area contributed by atoms with Crippen LogP contribution in [0, 0.1) is 4.78 Å². The van der Waals surface area contributed by atoms with Crippen LogP contribution in [-0.2, 0) is 9.73 Å². The minimum atomic E-state index is -2.68. The zero-order valence-corrected chi connectivity index (χ0v) is 9.34. The molecule has 1 N–H and O–H groups in total. The highest BCUT2D eigenvalue weighted by atomic mass is 35.5. The fourth-order valence-electron chi connectivity index (χ4n) is 0.849. The molecule has 0 amide bonds. The Morgan fingerprint density at radius 3 is 2.46 bits per heavy atom. The first-order chi connectivity index (χ1) is 5.97. The maximum absolute atomic E-state index is 11.6. The summed E-state index contributed by atoms with van der Waals surface area (Å²) in [7, 11) is -2.68. The van der Waals surface area contributed by atoms with Crippen LogP contribution in [0.3, 0.4) is 0 Å². The van der Waals surface area contributed by atoms with Gasteiger partial charge in [0, 0.05) is 10.6 Å². The second kappa shape index (κ2) is 3.86. The highest BCUT2D eigenvalue weighted by Crippen LogP contribution is 2.25. The van der Waals surface area contributed by atoms with Gasteiger partial charge in [-0.3, -0.25) is 0 Å². The van der Waals surface area contributed by atoms with Crippen LogP contribution in [0.1, 0.15) is 6.92 Å². The van der Waals surface area contributed by atoms with Crippen molar-refractivity contribution in [1.29, 1.82) is 4.78 Å². The number of hydrogen-bond acceptors (Lipinski definition) is 2. The van der Waals surface area contributed by atoms with E-state index in [0.29, 0.717) is 14.9 Å². The van der Waals surface area contributed by atoms with Gasteiger partial charge in [-0.2, -0.15) is 0 Å². The van der Waals surface area contributed by atoms with Crippen molar-refractivity contribution in [2.75, 3.05) is 5.75 Å². The second-order valence-corrected chi connectivity index (χ2v) is 5.75. The Labute approximate surface area is 87.8 Å². The first-order valence-corrected chi connectivity index (χ1v) is 6.17. The number of rotatable bonds is 2. The van der Waals surface area contributed by atoms with E-state index in [0.717, 1.165) is 0 Å². The van der Waals surface area contributed by atoms with Crippen LogP contribution in [0.15, 0.2) is 23.1 Å². The van der Waals surface area contributed by atoms with Crippen LogP contribution in [0.4, 0.5) is 0 Å². The van der Waals surface area contributed by atoms with Gasteiger partial charge in [0.25, 0.3) is 0 Å². The number of hydrogen-bond donors (Lipinski definition) is 1. The van der Waals surface area contributed by atoms with Gasteiger partial charge in [0.2, 0.25) is 0 Å². The number of nitrogens with one attached hydrogen (secondary N) is 1. The lowest BCUT2D eigenvalue weighted by molar-refractivity contribution is 0.675. The van der Waals surface area contributed by atoms with Crippen molar-refractivity contribution in [1.82, 2.24) is 0 Å². The molecule has 13 heavy (non-hydrogen) atoms. The smallest absolute Gasteiger partial charge is 0.0723 e.